The minimum Gasteiger partial charge on any atom is -0.330 e. The average molecular weight is 184 g/mol. The van der Waals surface area contributed by atoms with E-state index in [9.17, 15) is 0 Å². The maximum absolute atomic E-state index is 5.77. The maximum atomic E-state index is 5.77. The lowest BCUT2D eigenvalue weighted by molar-refractivity contribution is 0.211. The van der Waals surface area contributed by atoms with Crippen LogP contribution in [0.5, 0.6) is 0 Å². The molecule has 0 aromatic carbocycles. The van der Waals surface area contributed by atoms with Crippen LogP contribution >= 0.6 is 0 Å². The van der Waals surface area contributed by atoms with Gasteiger partial charge in [0, 0.05) is 6.04 Å². The Morgan fingerprint density at radius 1 is 1.38 bits per heavy atom. The van der Waals surface area contributed by atoms with Crippen LogP contribution in [0.1, 0.15) is 40.0 Å². The number of hydrogen-bond donors (Lipinski definition) is 2. The summed E-state index contributed by atoms with van der Waals surface area (Å²) < 4.78 is 0. The van der Waals surface area contributed by atoms with Crippen LogP contribution in [0.4, 0.5) is 0 Å². The van der Waals surface area contributed by atoms with Crippen LogP contribution in [-0.4, -0.2) is 19.1 Å². The number of hydrogen-bond acceptors (Lipinski definition) is 2. The fraction of sp³-hybridized carbons (Fsp3) is 1.00. The van der Waals surface area contributed by atoms with E-state index in [0.717, 1.165) is 6.54 Å². The van der Waals surface area contributed by atoms with E-state index in [0.29, 0.717) is 17.4 Å². The third kappa shape index (κ3) is 3.65. The molecule has 1 saturated heterocycles. The number of nitrogens with two attached hydrogens (primary N) is 1. The number of rotatable bonds is 2. The molecule has 2 nitrogen and oxygen atoms in total. The highest BCUT2D eigenvalue weighted by Gasteiger charge is 2.27. The molecule has 0 saturated carbocycles. The van der Waals surface area contributed by atoms with Gasteiger partial charge in [0.05, 0.1) is 0 Å². The highest BCUT2D eigenvalue weighted by atomic mass is 14.9. The smallest absolute Gasteiger partial charge is 0.0112 e. The molecule has 1 rings (SSSR count). The minimum absolute atomic E-state index is 0.419. The second-order valence-corrected chi connectivity index (χ2v) is 5.46. The molecule has 0 aliphatic carbocycles. The largest absolute Gasteiger partial charge is 0.330 e. The van der Waals surface area contributed by atoms with Gasteiger partial charge in [0.25, 0.3) is 0 Å². The van der Waals surface area contributed by atoms with Crippen molar-refractivity contribution in [1.29, 1.82) is 0 Å². The van der Waals surface area contributed by atoms with E-state index in [1.54, 1.807) is 0 Å². The van der Waals surface area contributed by atoms with E-state index in [4.69, 9.17) is 5.73 Å². The van der Waals surface area contributed by atoms with Gasteiger partial charge < -0.3 is 11.1 Å². The lowest BCUT2D eigenvalue weighted by Crippen LogP contribution is -2.46. The molecule has 78 valence electrons. The van der Waals surface area contributed by atoms with Crippen molar-refractivity contribution in [1.82, 2.24) is 5.32 Å². The Morgan fingerprint density at radius 3 is 2.62 bits per heavy atom. The molecule has 3 N–H and O–H groups in total. The average Bonchev–Trinajstić information content (AvgIpc) is 2.02. The summed E-state index contributed by atoms with van der Waals surface area (Å²) in [5.41, 5.74) is 6.19. The lowest BCUT2D eigenvalue weighted by Gasteiger charge is -2.36. The summed E-state index contributed by atoms with van der Waals surface area (Å²) in [7, 11) is 0. The Balaban J connectivity index is 2.45. The van der Waals surface area contributed by atoms with Crippen molar-refractivity contribution in [3.8, 4) is 0 Å². The van der Waals surface area contributed by atoms with Crippen LogP contribution in [-0.2, 0) is 0 Å². The van der Waals surface area contributed by atoms with Gasteiger partial charge in [-0.1, -0.05) is 20.8 Å². The SMILES string of the molecule is CC(C)(C)CC1NCCCC1CN. The molecule has 0 aromatic heterocycles. The molecule has 2 atom stereocenters. The summed E-state index contributed by atoms with van der Waals surface area (Å²) in [6.45, 7) is 8.93. The summed E-state index contributed by atoms with van der Waals surface area (Å²) in [5, 5.41) is 3.60. The summed E-state index contributed by atoms with van der Waals surface area (Å²) in [4.78, 5) is 0. The predicted octanol–water partition coefficient (Wildman–Crippen LogP) is 1.75. The first-order chi connectivity index (χ1) is 6.03. The molecule has 0 radical (unpaired) electrons. The summed E-state index contributed by atoms with van der Waals surface area (Å²) in [6, 6.07) is 0.652. The zero-order valence-electron chi connectivity index (χ0n) is 9.27. The topological polar surface area (TPSA) is 38.0 Å². The molecular formula is C11H24N2. The predicted molar refractivity (Wildman–Crippen MR) is 57.6 cm³/mol. The molecule has 0 bridgehead atoms. The normalized spacial score (nSPS) is 30.5. The fourth-order valence-corrected chi connectivity index (χ4v) is 2.20. The molecular weight excluding hydrogens is 160 g/mol. The third-order valence-electron chi connectivity index (χ3n) is 2.86. The van der Waals surface area contributed by atoms with Crippen molar-refractivity contribution in [2.45, 2.75) is 46.1 Å². The van der Waals surface area contributed by atoms with E-state index in [-0.39, 0.29) is 0 Å². The summed E-state index contributed by atoms with van der Waals surface area (Å²) in [5.74, 6) is 0.702. The third-order valence-corrected chi connectivity index (χ3v) is 2.86. The minimum atomic E-state index is 0.419. The summed E-state index contributed by atoms with van der Waals surface area (Å²) >= 11 is 0. The Hall–Kier alpha value is -0.0800. The Morgan fingerprint density at radius 2 is 2.08 bits per heavy atom. The number of nitrogens with one attached hydrogen (secondary N) is 1. The van der Waals surface area contributed by atoms with Crippen LogP contribution < -0.4 is 11.1 Å². The van der Waals surface area contributed by atoms with Crippen LogP contribution in [0.15, 0.2) is 0 Å². The molecule has 2 unspecified atom stereocenters. The van der Waals surface area contributed by atoms with Crippen molar-refractivity contribution in [3.05, 3.63) is 0 Å². The van der Waals surface area contributed by atoms with Gasteiger partial charge >= 0.3 is 0 Å². The molecule has 1 aliphatic rings. The highest BCUT2D eigenvalue weighted by molar-refractivity contribution is 4.85. The van der Waals surface area contributed by atoms with Crippen LogP contribution in [0, 0.1) is 11.3 Å². The molecule has 2 heteroatoms. The highest BCUT2D eigenvalue weighted by Crippen LogP contribution is 2.27. The molecule has 0 aromatic rings. The summed E-state index contributed by atoms with van der Waals surface area (Å²) in [6.07, 6.45) is 3.85. The van der Waals surface area contributed by atoms with Crippen LogP contribution in [0.3, 0.4) is 0 Å². The Kier molecular flexibility index (Phi) is 3.74. The molecule has 13 heavy (non-hydrogen) atoms. The van der Waals surface area contributed by atoms with Crippen molar-refractivity contribution < 1.29 is 0 Å². The van der Waals surface area contributed by atoms with Crippen molar-refractivity contribution in [2.24, 2.45) is 17.1 Å². The molecule has 1 heterocycles. The fourth-order valence-electron chi connectivity index (χ4n) is 2.20. The van der Waals surface area contributed by atoms with Gasteiger partial charge in [-0.3, -0.25) is 0 Å². The second kappa shape index (κ2) is 4.43. The quantitative estimate of drug-likeness (QED) is 0.686. The lowest BCUT2D eigenvalue weighted by atomic mass is 9.80. The monoisotopic (exact) mass is 184 g/mol. The molecule has 1 aliphatic heterocycles. The van der Waals surface area contributed by atoms with Crippen LogP contribution in [0.25, 0.3) is 0 Å². The van der Waals surface area contributed by atoms with Gasteiger partial charge in [0.1, 0.15) is 0 Å². The van der Waals surface area contributed by atoms with Gasteiger partial charge in [-0.2, -0.15) is 0 Å². The molecule has 1 fully saturated rings. The van der Waals surface area contributed by atoms with Crippen molar-refractivity contribution >= 4 is 0 Å². The van der Waals surface area contributed by atoms with E-state index in [1.165, 1.54) is 25.8 Å². The first-order valence-corrected chi connectivity index (χ1v) is 5.46. The molecule has 0 amide bonds. The van der Waals surface area contributed by atoms with E-state index < -0.39 is 0 Å². The zero-order valence-corrected chi connectivity index (χ0v) is 9.27. The first-order valence-electron chi connectivity index (χ1n) is 5.46. The maximum Gasteiger partial charge on any atom is 0.0112 e. The van der Waals surface area contributed by atoms with E-state index >= 15 is 0 Å². The molecule has 0 spiro atoms. The Bertz CT molecular complexity index is 149. The number of piperidine rings is 1. The Labute approximate surface area is 82.3 Å². The first kappa shape index (κ1) is 11.0. The van der Waals surface area contributed by atoms with E-state index in [2.05, 4.69) is 26.1 Å². The van der Waals surface area contributed by atoms with Gasteiger partial charge in [0.15, 0.2) is 0 Å². The van der Waals surface area contributed by atoms with E-state index in [1.807, 2.05) is 0 Å². The van der Waals surface area contributed by atoms with Crippen molar-refractivity contribution in [3.63, 3.8) is 0 Å². The standard InChI is InChI=1S/C11H24N2/c1-11(2,3)7-10-9(8-12)5-4-6-13-10/h9-10,13H,4-8,12H2,1-3H3. The van der Waals surface area contributed by atoms with Gasteiger partial charge in [0.2, 0.25) is 0 Å². The van der Waals surface area contributed by atoms with Gasteiger partial charge in [-0.25, -0.2) is 0 Å². The van der Waals surface area contributed by atoms with Crippen LogP contribution in [0.2, 0.25) is 0 Å². The van der Waals surface area contributed by atoms with Gasteiger partial charge in [-0.15, -0.1) is 0 Å². The second-order valence-electron chi connectivity index (χ2n) is 5.46. The van der Waals surface area contributed by atoms with Gasteiger partial charge in [-0.05, 0) is 43.7 Å². The zero-order chi connectivity index (χ0) is 9.90. The van der Waals surface area contributed by atoms with Crippen molar-refractivity contribution in [2.75, 3.05) is 13.1 Å².